The summed E-state index contributed by atoms with van der Waals surface area (Å²) in [5.74, 6) is -0.118. The lowest BCUT2D eigenvalue weighted by molar-refractivity contribution is 0.0934. The molecule has 0 spiro atoms. The Kier molecular flexibility index (Phi) is 4.57. The average Bonchev–Trinajstić information content (AvgIpc) is 3.24. The summed E-state index contributed by atoms with van der Waals surface area (Å²) < 4.78 is 1.93. The predicted octanol–water partition coefficient (Wildman–Crippen LogP) is 3.99. The van der Waals surface area contributed by atoms with Crippen molar-refractivity contribution >= 4 is 17.2 Å². The molecule has 1 aromatic carbocycles. The van der Waals surface area contributed by atoms with Gasteiger partial charge in [0.25, 0.3) is 5.91 Å². The van der Waals surface area contributed by atoms with Gasteiger partial charge >= 0.3 is 0 Å². The quantitative estimate of drug-likeness (QED) is 0.771. The third-order valence-electron chi connectivity index (χ3n) is 3.69. The van der Waals surface area contributed by atoms with Gasteiger partial charge in [0.1, 0.15) is 5.69 Å². The molecule has 1 atom stereocenters. The van der Waals surface area contributed by atoms with Crippen LogP contribution in [0.5, 0.6) is 0 Å². The number of aromatic nitrogens is 2. The molecule has 0 aliphatic carbocycles. The highest BCUT2D eigenvalue weighted by Crippen LogP contribution is 2.23. The van der Waals surface area contributed by atoms with Gasteiger partial charge in [-0.1, -0.05) is 37.3 Å². The minimum absolute atomic E-state index is 0.0508. The first kappa shape index (κ1) is 15.5. The van der Waals surface area contributed by atoms with Gasteiger partial charge in [-0.2, -0.15) is 0 Å². The number of aryl methyl sites for hydroxylation is 1. The highest BCUT2D eigenvalue weighted by molar-refractivity contribution is 7.14. The van der Waals surface area contributed by atoms with E-state index in [4.69, 9.17) is 0 Å². The van der Waals surface area contributed by atoms with E-state index in [-0.39, 0.29) is 11.9 Å². The molecule has 2 heterocycles. The number of nitrogens with zero attached hydrogens (tertiary/aromatic N) is 2. The Hall–Kier alpha value is -2.40. The van der Waals surface area contributed by atoms with Gasteiger partial charge in [0.05, 0.1) is 6.04 Å². The van der Waals surface area contributed by atoms with Gasteiger partial charge in [0.2, 0.25) is 0 Å². The lowest BCUT2D eigenvalue weighted by Crippen LogP contribution is -2.27. The molecular weight excluding hydrogens is 306 g/mol. The molecule has 5 heteroatoms. The van der Waals surface area contributed by atoms with E-state index in [0.29, 0.717) is 5.69 Å². The van der Waals surface area contributed by atoms with Crippen LogP contribution in [0.25, 0.3) is 5.13 Å². The Morgan fingerprint density at radius 1 is 1.22 bits per heavy atom. The van der Waals surface area contributed by atoms with E-state index in [1.54, 1.807) is 11.3 Å². The first-order valence-corrected chi connectivity index (χ1v) is 8.49. The van der Waals surface area contributed by atoms with Gasteiger partial charge in [-0.25, -0.2) is 4.98 Å². The minimum Gasteiger partial charge on any atom is -0.344 e. The number of hydrogen-bond acceptors (Lipinski definition) is 3. The van der Waals surface area contributed by atoms with Crippen molar-refractivity contribution in [2.24, 2.45) is 0 Å². The molecule has 0 aliphatic rings. The number of rotatable bonds is 5. The number of nitrogens with one attached hydrogen (secondary N) is 1. The Bertz CT molecular complexity index is 778. The number of carbonyl (C=O) groups is 1. The summed E-state index contributed by atoms with van der Waals surface area (Å²) in [6.45, 7) is 4.03. The van der Waals surface area contributed by atoms with Gasteiger partial charge in [0, 0.05) is 17.3 Å². The second-order valence-electron chi connectivity index (χ2n) is 5.32. The number of hydrogen-bond donors (Lipinski definition) is 1. The summed E-state index contributed by atoms with van der Waals surface area (Å²) in [4.78, 5) is 18.2. The first-order chi connectivity index (χ1) is 11.2. The molecule has 0 bridgehead atoms. The van der Waals surface area contributed by atoms with E-state index in [0.717, 1.165) is 22.0 Å². The van der Waals surface area contributed by atoms with Crippen LogP contribution in [-0.4, -0.2) is 15.5 Å². The molecule has 1 unspecified atom stereocenters. The fraction of sp³-hybridized carbons (Fsp3) is 0.222. The summed E-state index contributed by atoms with van der Waals surface area (Å²) in [7, 11) is 0. The summed E-state index contributed by atoms with van der Waals surface area (Å²) in [6.07, 6.45) is 4.67. The van der Waals surface area contributed by atoms with Crippen LogP contribution in [0.15, 0.2) is 54.9 Å². The summed E-state index contributed by atoms with van der Waals surface area (Å²) in [5.41, 5.74) is 1.61. The van der Waals surface area contributed by atoms with Crippen LogP contribution in [-0.2, 0) is 6.42 Å². The summed E-state index contributed by atoms with van der Waals surface area (Å²) in [6, 6.07) is 13.8. The Morgan fingerprint density at radius 3 is 2.57 bits per heavy atom. The fourth-order valence-electron chi connectivity index (χ4n) is 2.42. The summed E-state index contributed by atoms with van der Waals surface area (Å²) in [5, 5.41) is 3.87. The highest BCUT2D eigenvalue weighted by atomic mass is 32.1. The monoisotopic (exact) mass is 325 g/mol. The number of amides is 1. The van der Waals surface area contributed by atoms with Crippen molar-refractivity contribution in [3.05, 3.63) is 71.0 Å². The normalized spacial score (nSPS) is 12.1. The Balaban J connectivity index is 1.82. The molecule has 0 saturated carbocycles. The van der Waals surface area contributed by atoms with Crippen molar-refractivity contribution < 1.29 is 4.79 Å². The van der Waals surface area contributed by atoms with E-state index in [1.165, 1.54) is 0 Å². The van der Waals surface area contributed by atoms with Gasteiger partial charge in [-0.15, -0.1) is 11.3 Å². The number of carbonyl (C=O) groups excluding carboxylic acids is 1. The van der Waals surface area contributed by atoms with Crippen molar-refractivity contribution in [1.29, 1.82) is 0 Å². The highest BCUT2D eigenvalue weighted by Gasteiger charge is 2.19. The van der Waals surface area contributed by atoms with Gasteiger partial charge in [-0.05, 0) is 31.0 Å². The van der Waals surface area contributed by atoms with Crippen LogP contribution in [0, 0.1) is 0 Å². The molecular formula is C18H19N3OS. The van der Waals surface area contributed by atoms with E-state index in [9.17, 15) is 4.79 Å². The maximum Gasteiger partial charge on any atom is 0.271 e. The zero-order valence-corrected chi connectivity index (χ0v) is 14.0. The zero-order valence-electron chi connectivity index (χ0n) is 13.2. The van der Waals surface area contributed by atoms with Crippen molar-refractivity contribution in [3.63, 3.8) is 0 Å². The van der Waals surface area contributed by atoms with Crippen LogP contribution in [0.2, 0.25) is 0 Å². The second kappa shape index (κ2) is 6.79. The molecule has 1 N–H and O–H groups in total. The maximum absolute atomic E-state index is 12.6. The molecule has 3 rings (SSSR count). The molecule has 118 valence electrons. The van der Waals surface area contributed by atoms with E-state index >= 15 is 0 Å². The van der Waals surface area contributed by atoms with Gasteiger partial charge in [-0.3, -0.25) is 4.79 Å². The van der Waals surface area contributed by atoms with Crippen LogP contribution >= 0.6 is 11.3 Å². The lowest BCUT2D eigenvalue weighted by atomic mass is 10.1. The molecule has 1 amide bonds. The van der Waals surface area contributed by atoms with Crippen LogP contribution in [0.3, 0.4) is 0 Å². The molecule has 0 saturated heterocycles. The topological polar surface area (TPSA) is 46.9 Å². The average molecular weight is 325 g/mol. The Morgan fingerprint density at radius 2 is 1.91 bits per heavy atom. The number of benzene rings is 1. The third kappa shape index (κ3) is 3.35. The van der Waals surface area contributed by atoms with Crippen LogP contribution < -0.4 is 5.32 Å². The molecule has 0 aliphatic heterocycles. The maximum atomic E-state index is 12.6. The summed E-state index contributed by atoms with van der Waals surface area (Å²) >= 11 is 1.56. The first-order valence-electron chi connectivity index (χ1n) is 7.68. The Labute approximate surface area is 139 Å². The van der Waals surface area contributed by atoms with Crippen LogP contribution in [0.1, 0.15) is 40.8 Å². The van der Waals surface area contributed by atoms with E-state index in [1.807, 2.05) is 73.3 Å². The molecule has 4 nitrogen and oxygen atoms in total. The molecule has 0 fully saturated rings. The van der Waals surface area contributed by atoms with Gasteiger partial charge < -0.3 is 9.88 Å². The second-order valence-corrected chi connectivity index (χ2v) is 6.38. The molecule has 23 heavy (non-hydrogen) atoms. The third-order valence-corrected chi connectivity index (χ3v) is 4.91. The number of thiazole rings is 1. The van der Waals surface area contributed by atoms with Crippen molar-refractivity contribution in [1.82, 2.24) is 14.9 Å². The fourth-order valence-corrected chi connectivity index (χ4v) is 3.38. The predicted molar refractivity (Wildman–Crippen MR) is 93.1 cm³/mol. The zero-order chi connectivity index (χ0) is 16.2. The van der Waals surface area contributed by atoms with Gasteiger partial charge in [0.15, 0.2) is 5.13 Å². The van der Waals surface area contributed by atoms with E-state index in [2.05, 4.69) is 10.3 Å². The molecule has 3 aromatic rings. The van der Waals surface area contributed by atoms with Crippen LogP contribution in [0.4, 0.5) is 0 Å². The molecule has 2 aromatic heterocycles. The minimum atomic E-state index is -0.118. The largest absolute Gasteiger partial charge is 0.344 e. The molecule has 0 radical (unpaired) electrons. The van der Waals surface area contributed by atoms with Crippen molar-refractivity contribution in [3.8, 4) is 5.13 Å². The smallest absolute Gasteiger partial charge is 0.271 e. The van der Waals surface area contributed by atoms with Crippen molar-refractivity contribution in [2.45, 2.75) is 26.3 Å². The van der Waals surface area contributed by atoms with E-state index < -0.39 is 0 Å². The SMILES string of the molecule is CCc1sc(-n2cccc2)nc1C(=O)NC(C)c1ccccc1. The lowest BCUT2D eigenvalue weighted by Gasteiger charge is -2.13. The van der Waals surface area contributed by atoms with Crippen molar-refractivity contribution in [2.75, 3.05) is 0 Å². The standard InChI is InChI=1S/C18H19N3OS/c1-3-15-16(20-18(23-15)21-11-7-8-12-21)17(22)19-13(2)14-9-5-4-6-10-14/h4-13H,3H2,1-2H3,(H,19,22).